The van der Waals surface area contributed by atoms with Gasteiger partial charge in [-0.2, -0.15) is 5.10 Å². The summed E-state index contributed by atoms with van der Waals surface area (Å²) in [6, 6.07) is 2.95. The fourth-order valence-corrected chi connectivity index (χ4v) is 1.45. The molecule has 1 aromatic heterocycles. The Morgan fingerprint density at radius 3 is 2.89 bits per heavy atom. The van der Waals surface area contributed by atoms with E-state index >= 15 is 0 Å². The molecule has 1 unspecified atom stereocenters. The number of carbonyl (C=O) groups excluding carboxylic acids is 1. The highest BCUT2D eigenvalue weighted by molar-refractivity contribution is 5.94. The molecule has 0 fully saturated rings. The van der Waals surface area contributed by atoms with Gasteiger partial charge in [0.15, 0.2) is 11.6 Å². The van der Waals surface area contributed by atoms with Crippen LogP contribution in [0.5, 0.6) is 0 Å². The molecule has 0 saturated heterocycles. The van der Waals surface area contributed by atoms with E-state index in [0.717, 1.165) is 6.07 Å². The van der Waals surface area contributed by atoms with Crippen molar-refractivity contribution < 1.29 is 13.6 Å². The van der Waals surface area contributed by atoms with Crippen LogP contribution in [0.1, 0.15) is 29.1 Å². The van der Waals surface area contributed by atoms with Gasteiger partial charge >= 0.3 is 0 Å². The highest BCUT2D eigenvalue weighted by atomic mass is 19.2. The third-order valence-electron chi connectivity index (χ3n) is 2.39. The molecule has 0 spiro atoms. The molecule has 2 aromatic rings. The lowest BCUT2D eigenvalue weighted by Crippen LogP contribution is -2.28. The number of rotatable bonds is 3. The number of H-pyrrole nitrogens is 1. The Morgan fingerprint density at radius 2 is 2.22 bits per heavy atom. The minimum Gasteiger partial charge on any atom is -0.342 e. The van der Waals surface area contributed by atoms with Crippen molar-refractivity contribution in [2.45, 2.75) is 13.0 Å². The first kappa shape index (κ1) is 12.2. The number of hydrogen-bond acceptors (Lipinski definition) is 3. The zero-order valence-electron chi connectivity index (χ0n) is 9.45. The van der Waals surface area contributed by atoms with E-state index in [1.165, 1.54) is 18.5 Å². The Labute approximate surface area is 101 Å². The number of carbonyl (C=O) groups is 1. The minimum atomic E-state index is -1.17. The monoisotopic (exact) mass is 252 g/mol. The molecule has 94 valence electrons. The first-order valence-corrected chi connectivity index (χ1v) is 5.19. The summed E-state index contributed by atoms with van der Waals surface area (Å²) in [5, 5.41) is 8.70. The molecule has 7 heteroatoms. The van der Waals surface area contributed by atoms with Crippen molar-refractivity contribution in [2.75, 3.05) is 0 Å². The highest BCUT2D eigenvalue weighted by Gasteiger charge is 2.18. The number of amides is 1. The van der Waals surface area contributed by atoms with Crippen LogP contribution in [-0.4, -0.2) is 21.1 Å². The number of halogens is 2. The quantitative estimate of drug-likeness (QED) is 0.871. The van der Waals surface area contributed by atoms with E-state index in [2.05, 4.69) is 20.5 Å². The van der Waals surface area contributed by atoms with Crippen LogP contribution in [0, 0.1) is 11.6 Å². The van der Waals surface area contributed by atoms with Gasteiger partial charge in [0.2, 0.25) is 0 Å². The van der Waals surface area contributed by atoms with Gasteiger partial charge in [0.05, 0.1) is 11.6 Å². The second-order valence-corrected chi connectivity index (χ2v) is 3.67. The van der Waals surface area contributed by atoms with E-state index in [1.807, 2.05) is 0 Å². The molecule has 5 nitrogen and oxygen atoms in total. The van der Waals surface area contributed by atoms with Crippen LogP contribution in [0.4, 0.5) is 8.78 Å². The minimum absolute atomic E-state index is 0.346. The van der Waals surface area contributed by atoms with E-state index in [4.69, 9.17) is 0 Å². The van der Waals surface area contributed by atoms with Gasteiger partial charge in [0, 0.05) is 0 Å². The third kappa shape index (κ3) is 2.34. The van der Waals surface area contributed by atoms with E-state index in [9.17, 15) is 13.6 Å². The van der Waals surface area contributed by atoms with Crippen molar-refractivity contribution >= 4 is 5.91 Å². The molecule has 0 radical (unpaired) electrons. The van der Waals surface area contributed by atoms with Gasteiger partial charge in [-0.1, -0.05) is 6.07 Å². The molecule has 0 aliphatic carbocycles. The maximum atomic E-state index is 13.4. The fraction of sp³-hybridized carbons (Fsp3) is 0.182. The van der Waals surface area contributed by atoms with Gasteiger partial charge in [-0.3, -0.25) is 9.89 Å². The molecule has 2 rings (SSSR count). The zero-order valence-corrected chi connectivity index (χ0v) is 9.45. The normalized spacial score (nSPS) is 12.2. The smallest absolute Gasteiger partial charge is 0.254 e. The maximum Gasteiger partial charge on any atom is 0.254 e. The molecule has 0 saturated carbocycles. The molecule has 1 amide bonds. The summed E-state index contributed by atoms with van der Waals surface area (Å²) in [5.74, 6) is -2.51. The van der Waals surface area contributed by atoms with Crippen molar-refractivity contribution in [1.29, 1.82) is 0 Å². The van der Waals surface area contributed by atoms with Crippen molar-refractivity contribution in [3.8, 4) is 0 Å². The van der Waals surface area contributed by atoms with Gasteiger partial charge in [0.1, 0.15) is 12.2 Å². The largest absolute Gasteiger partial charge is 0.342 e. The molecule has 1 heterocycles. The van der Waals surface area contributed by atoms with Crippen molar-refractivity contribution in [3.63, 3.8) is 0 Å². The number of nitrogens with one attached hydrogen (secondary N) is 2. The SMILES string of the molecule is CC(NC(=O)c1cccc(F)c1F)c1ncn[nH]1. The van der Waals surface area contributed by atoms with Crippen molar-refractivity contribution in [3.05, 3.63) is 47.5 Å². The van der Waals surface area contributed by atoms with E-state index in [1.54, 1.807) is 6.92 Å². The summed E-state index contributed by atoms with van der Waals surface area (Å²) >= 11 is 0. The van der Waals surface area contributed by atoms with Crippen LogP contribution in [0.3, 0.4) is 0 Å². The molecule has 0 aliphatic rings. The maximum absolute atomic E-state index is 13.4. The van der Waals surface area contributed by atoms with Gasteiger partial charge < -0.3 is 5.32 Å². The van der Waals surface area contributed by atoms with E-state index in [-0.39, 0.29) is 5.56 Å². The molecular weight excluding hydrogens is 242 g/mol. The zero-order chi connectivity index (χ0) is 13.1. The number of aromatic amines is 1. The summed E-state index contributed by atoms with van der Waals surface area (Å²) in [4.78, 5) is 15.6. The molecule has 1 atom stereocenters. The number of aromatic nitrogens is 3. The topological polar surface area (TPSA) is 70.7 Å². The second kappa shape index (κ2) is 4.91. The lowest BCUT2D eigenvalue weighted by molar-refractivity contribution is 0.0933. The van der Waals surface area contributed by atoms with Crippen LogP contribution < -0.4 is 5.32 Å². The predicted molar refractivity (Wildman–Crippen MR) is 58.6 cm³/mol. The fourth-order valence-electron chi connectivity index (χ4n) is 1.45. The Balaban J connectivity index is 2.15. The summed E-state index contributed by atoms with van der Waals surface area (Å²) in [6.45, 7) is 1.65. The molecule has 0 aliphatic heterocycles. The van der Waals surface area contributed by atoms with Gasteiger partial charge in [-0.15, -0.1) is 0 Å². The van der Waals surface area contributed by atoms with Crippen molar-refractivity contribution in [1.82, 2.24) is 20.5 Å². The van der Waals surface area contributed by atoms with Crippen LogP contribution in [-0.2, 0) is 0 Å². The van der Waals surface area contributed by atoms with Crippen molar-refractivity contribution in [2.24, 2.45) is 0 Å². The number of benzene rings is 1. The van der Waals surface area contributed by atoms with E-state index in [0.29, 0.717) is 5.82 Å². The molecular formula is C11H10F2N4O. The van der Waals surface area contributed by atoms with Gasteiger partial charge in [-0.05, 0) is 19.1 Å². The second-order valence-electron chi connectivity index (χ2n) is 3.67. The standard InChI is InChI=1S/C11H10F2N4O/c1-6(10-14-5-15-17-10)16-11(18)7-3-2-4-8(12)9(7)13/h2-6H,1H3,(H,16,18)(H,14,15,17). The van der Waals surface area contributed by atoms with Gasteiger partial charge in [0.25, 0.3) is 5.91 Å². The predicted octanol–water partition coefficient (Wildman–Crippen LogP) is 1.57. The first-order valence-electron chi connectivity index (χ1n) is 5.19. The first-order chi connectivity index (χ1) is 8.59. The Bertz CT molecular complexity index is 556. The lowest BCUT2D eigenvalue weighted by Gasteiger charge is -2.11. The highest BCUT2D eigenvalue weighted by Crippen LogP contribution is 2.13. The van der Waals surface area contributed by atoms with Gasteiger partial charge in [-0.25, -0.2) is 13.8 Å². The summed E-state index contributed by atoms with van der Waals surface area (Å²) in [5.41, 5.74) is -0.346. The molecule has 18 heavy (non-hydrogen) atoms. The number of hydrogen-bond donors (Lipinski definition) is 2. The summed E-state index contributed by atoms with van der Waals surface area (Å²) in [7, 11) is 0. The Hall–Kier alpha value is -2.31. The summed E-state index contributed by atoms with van der Waals surface area (Å²) < 4.78 is 26.3. The molecule has 0 bridgehead atoms. The number of nitrogens with zero attached hydrogens (tertiary/aromatic N) is 2. The molecule has 2 N–H and O–H groups in total. The average molecular weight is 252 g/mol. The summed E-state index contributed by atoms with van der Waals surface area (Å²) in [6.07, 6.45) is 1.29. The van der Waals surface area contributed by atoms with E-state index < -0.39 is 23.6 Å². The van der Waals surface area contributed by atoms with Crippen LogP contribution in [0.2, 0.25) is 0 Å². The third-order valence-corrected chi connectivity index (χ3v) is 2.39. The van der Waals surface area contributed by atoms with Crippen LogP contribution in [0.25, 0.3) is 0 Å². The van der Waals surface area contributed by atoms with Crippen LogP contribution in [0.15, 0.2) is 24.5 Å². The Morgan fingerprint density at radius 1 is 1.44 bits per heavy atom. The van der Waals surface area contributed by atoms with Crippen LogP contribution >= 0.6 is 0 Å². The molecule has 1 aromatic carbocycles. The average Bonchev–Trinajstić information content (AvgIpc) is 2.86. The lowest BCUT2D eigenvalue weighted by atomic mass is 10.1. The Kier molecular flexibility index (Phi) is 3.31.